The SMILES string of the molecule is CC(=O)N1c2ccc(-c3nnc(CSCCOc4ccccc4)o3)c(c2)NCC[N+]1(C)C. The van der Waals surface area contributed by atoms with E-state index >= 15 is 0 Å². The molecule has 0 radical (unpaired) electrons. The van der Waals surface area contributed by atoms with Crippen molar-refractivity contribution >= 4 is 29.0 Å². The van der Waals surface area contributed by atoms with Crippen molar-refractivity contribution in [3.63, 3.8) is 0 Å². The van der Waals surface area contributed by atoms with E-state index in [1.165, 1.54) is 0 Å². The van der Waals surface area contributed by atoms with Crippen molar-refractivity contribution in [1.29, 1.82) is 0 Å². The number of rotatable bonds is 7. The minimum Gasteiger partial charge on any atom is -0.493 e. The molecule has 4 rings (SSSR count). The average molecular weight is 455 g/mol. The lowest BCUT2D eigenvalue weighted by Gasteiger charge is -2.40. The number of likely N-dealkylation sites (N-methyl/N-ethyl adjacent to an activating group) is 1. The summed E-state index contributed by atoms with van der Waals surface area (Å²) in [7, 11) is 4.05. The first-order chi connectivity index (χ1) is 15.4. The first kappa shape index (κ1) is 22.2. The van der Waals surface area contributed by atoms with Crippen molar-refractivity contribution in [2.75, 3.05) is 49.9 Å². The second-order valence-corrected chi connectivity index (χ2v) is 9.15. The Bertz CT molecular complexity index is 1070. The summed E-state index contributed by atoms with van der Waals surface area (Å²) >= 11 is 1.68. The molecule has 3 aromatic rings. The van der Waals surface area contributed by atoms with Crippen LogP contribution >= 0.6 is 11.8 Å². The third-order valence-corrected chi connectivity index (χ3v) is 6.13. The second-order valence-electron chi connectivity index (χ2n) is 8.05. The van der Waals surface area contributed by atoms with E-state index in [0.29, 0.717) is 35.3 Å². The number of quaternary nitrogens is 1. The zero-order valence-electron chi connectivity index (χ0n) is 18.6. The van der Waals surface area contributed by atoms with Gasteiger partial charge in [-0.2, -0.15) is 5.01 Å². The molecular weight excluding hydrogens is 426 g/mol. The lowest BCUT2D eigenvalue weighted by molar-refractivity contribution is -0.890. The van der Waals surface area contributed by atoms with Crippen molar-refractivity contribution in [1.82, 2.24) is 10.2 Å². The molecule has 0 saturated carbocycles. The predicted molar refractivity (Wildman–Crippen MR) is 126 cm³/mol. The van der Waals surface area contributed by atoms with Crippen LogP contribution in [0.25, 0.3) is 11.5 Å². The molecule has 0 aliphatic carbocycles. The highest BCUT2D eigenvalue weighted by molar-refractivity contribution is 7.98. The fourth-order valence-electron chi connectivity index (χ4n) is 3.75. The van der Waals surface area contributed by atoms with Gasteiger partial charge in [-0.15, -0.1) is 22.0 Å². The van der Waals surface area contributed by atoms with Crippen molar-refractivity contribution in [3.8, 4) is 17.2 Å². The van der Waals surface area contributed by atoms with E-state index < -0.39 is 0 Å². The Morgan fingerprint density at radius 3 is 2.81 bits per heavy atom. The molecule has 2 bridgehead atoms. The third kappa shape index (κ3) is 5.05. The van der Waals surface area contributed by atoms with Gasteiger partial charge >= 0.3 is 0 Å². The van der Waals surface area contributed by atoms with E-state index in [4.69, 9.17) is 9.15 Å². The zero-order valence-corrected chi connectivity index (χ0v) is 19.4. The minimum atomic E-state index is 0.00365. The number of nitrogens with one attached hydrogen (secondary N) is 1. The van der Waals surface area contributed by atoms with Crippen LogP contribution in [0.5, 0.6) is 5.75 Å². The Morgan fingerprint density at radius 2 is 2.03 bits per heavy atom. The maximum Gasteiger partial charge on any atom is 0.269 e. The number of hydrogen-bond donors (Lipinski definition) is 1. The van der Waals surface area contributed by atoms with Gasteiger partial charge in [-0.25, -0.2) is 4.59 Å². The van der Waals surface area contributed by atoms with Gasteiger partial charge < -0.3 is 14.5 Å². The van der Waals surface area contributed by atoms with E-state index in [-0.39, 0.29) is 5.91 Å². The summed E-state index contributed by atoms with van der Waals surface area (Å²) in [5.41, 5.74) is 2.55. The molecule has 0 unspecified atom stereocenters. The highest BCUT2D eigenvalue weighted by atomic mass is 32.2. The number of amides is 1. The number of carbonyl (C=O) groups is 1. The second kappa shape index (κ2) is 9.62. The fourth-order valence-corrected chi connectivity index (χ4v) is 4.39. The number of thioether (sulfide) groups is 1. The van der Waals surface area contributed by atoms with Crippen LogP contribution < -0.4 is 15.1 Å². The monoisotopic (exact) mass is 454 g/mol. The van der Waals surface area contributed by atoms with Gasteiger partial charge in [-0.1, -0.05) is 18.2 Å². The summed E-state index contributed by atoms with van der Waals surface area (Å²) in [6.07, 6.45) is 0. The molecule has 8 nitrogen and oxygen atoms in total. The normalized spacial score (nSPS) is 14.9. The molecule has 0 saturated heterocycles. The van der Waals surface area contributed by atoms with Crippen LogP contribution in [-0.2, 0) is 10.5 Å². The van der Waals surface area contributed by atoms with Crippen molar-refractivity contribution < 1.29 is 18.5 Å². The molecule has 1 amide bonds. The number of aromatic nitrogens is 2. The first-order valence-corrected chi connectivity index (χ1v) is 11.7. The Labute approximate surface area is 192 Å². The molecule has 9 heteroatoms. The maximum atomic E-state index is 12.3. The predicted octanol–water partition coefficient (Wildman–Crippen LogP) is 3.82. The number of anilines is 2. The molecule has 168 valence electrons. The van der Waals surface area contributed by atoms with Crippen LogP contribution in [0.3, 0.4) is 0 Å². The van der Waals surface area contributed by atoms with Crippen molar-refractivity contribution in [3.05, 3.63) is 54.4 Å². The van der Waals surface area contributed by atoms with Crippen LogP contribution in [0.2, 0.25) is 0 Å². The van der Waals surface area contributed by atoms with E-state index in [1.807, 2.05) is 62.6 Å². The maximum absolute atomic E-state index is 12.3. The number of benzene rings is 2. The Morgan fingerprint density at radius 1 is 1.22 bits per heavy atom. The number of carbonyl (C=O) groups excluding carboxylic acids is 1. The molecule has 0 spiro atoms. The molecule has 1 N–H and O–H groups in total. The smallest absolute Gasteiger partial charge is 0.269 e. The van der Waals surface area contributed by atoms with E-state index in [2.05, 4.69) is 15.5 Å². The highest BCUT2D eigenvalue weighted by Crippen LogP contribution is 2.34. The van der Waals surface area contributed by atoms with Gasteiger partial charge in [0.25, 0.3) is 5.91 Å². The molecule has 32 heavy (non-hydrogen) atoms. The summed E-state index contributed by atoms with van der Waals surface area (Å²) in [4.78, 5) is 12.3. The van der Waals surface area contributed by atoms with Crippen LogP contribution in [0.4, 0.5) is 11.4 Å². The fraction of sp³-hybridized carbons (Fsp3) is 0.348. The highest BCUT2D eigenvalue weighted by Gasteiger charge is 2.32. The van der Waals surface area contributed by atoms with Gasteiger partial charge in [-0.05, 0) is 30.3 Å². The summed E-state index contributed by atoms with van der Waals surface area (Å²) in [5, 5.41) is 13.7. The quantitative estimate of drug-likeness (QED) is 0.429. The zero-order chi connectivity index (χ0) is 22.6. The molecule has 2 heterocycles. The molecule has 1 aliphatic heterocycles. The van der Waals surface area contributed by atoms with Gasteiger partial charge in [0.05, 0.1) is 44.3 Å². The molecule has 1 aromatic heterocycles. The molecule has 0 fully saturated rings. The first-order valence-electron chi connectivity index (χ1n) is 10.5. The summed E-state index contributed by atoms with van der Waals surface area (Å²) < 4.78 is 12.1. The van der Waals surface area contributed by atoms with E-state index in [1.54, 1.807) is 23.7 Å². The molecule has 1 aliphatic rings. The van der Waals surface area contributed by atoms with Crippen LogP contribution in [0.15, 0.2) is 52.9 Å². The number of nitrogens with zero attached hydrogens (tertiary/aromatic N) is 4. The Balaban J connectivity index is 1.40. The van der Waals surface area contributed by atoms with E-state index in [9.17, 15) is 4.79 Å². The standard InChI is InChI=1S/C23H28N5O3S/c1-17(29)27-18-9-10-20(21(15-18)24-11-12-28(27,2)3)23-26-25-22(31-23)16-32-14-13-30-19-7-5-4-6-8-19/h4-10,15,24H,11-14,16H2,1-3H3/q+1. The lowest BCUT2D eigenvalue weighted by atomic mass is 10.1. The van der Waals surface area contributed by atoms with Crippen molar-refractivity contribution in [2.24, 2.45) is 0 Å². The lowest BCUT2D eigenvalue weighted by Crippen LogP contribution is -2.59. The van der Waals surface area contributed by atoms with Crippen LogP contribution in [-0.4, -0.2) is 60.2 Å². The van der Waals surface area contributed by atoms with Gasteiger partial charge in [0.2, 0.25) is 11.8 Å². The van der Waals surface area contributed by atoms with Crippen molar-refractivity contribution in [2.45, 2.75) is 12.7 Å². The largest absolute Gasteiger partial charge is 0.493 e. The summed E-state index contributed by atoms with van der Waals surface area (Å²) in [5.74, 6) is 3.37. The van der Waals surface area contributed by atoms with Crippen LogP contribution in [0, 0.1) is 0 Å². The third-order valence-electron chi connectivity index (χ3n) is 5.22. The van der Waals surface area contributed by atoms with Gasteiger partial charge in [0, 0.05) is 18.4 Å². The Kier molecular flexibility index (Phi) is 6.66. The number of hydrogen-bond acceptors (Lipinski definition) is 7. The summed E-state index contributed by atoms with van der Waals surface area (Å²) in [6.45, 7) is 3.69. The van der Waals surface area contributed by atoms with Gasteiger partial charge in [0.15, 0.2) is 0 Å². The van der Waals surface area contributed by atoms with Gasteiger partial charge in [-0.3, -0.25) is 4.79 Å². The summed E-state index contributed by atoms with van der Waals surface area (Å²) in [6, 6.07) is 15.6. The average Bonchev–Trinajstić information content (AvgIpc) is 3.22. The number of fused-ring (bicyclic) bond motifs is 2. The van der Waals surface area contributed by atoms with Crippen LogP contribution in [0.1, 0.15) is 12.8 Å². The van der Waals surface area contributed by atoms with Gasteiger partial charge in [0.1, 0.15) is 12.3 Å². The Hall–Kier alpha value is -3.04. The molecular formula is C23H28N5O3S+. The number of para-hydroxylation sites is 1. The minimum absolute atomic E-state index is 0.00365. The number of ether oxygens (including phenoxy) is 1. The van der Waals surface area contributed by atoms with E-state index in [0.717, 1.165) is 35.0 Å². The molecule has 2 aromatic carbocycles. The topological polar surface area (TPSA) is 80.5 Å². The molecule has 0 atom stereocenters.